The van der Waals surface area contributed by atoms with Crippen LogP contribution in [0.25, 0.3) is 0 Å². The first-order valence-electron chi connectivity index (χ1n) is 5.00. The minimum atomic E-state index is -2.80. The molecule has 17 heavy (non-hydrogen) atoms. The van der Waals surface area contributed by atoms with Crippen molar-refractivity contribution in [1.82, 2.24) is 0 Å². The number of hydrogen-bond donors (Lipinski definition) is 1. The van der Waals surface area contributed by atoms with Gasteiger partial charge in [-0.25, -0.2) is 0 Å². The molecule has 2 nitrogen and oxygen atoms in total. The Hall–Kier alpha value is -1.46. The molecule has 1 atom stereocenters. The molecular weight excluding hydrogens is 244 g/mol. The summed E-state index contributed by atoms with van der Waals surface area (Å²) in [7, 11) is 0. The van der Waals surface area contributed by atoms with E-state index in [9.17, 15) is 8.78 Å². The third-order valence-corrected chi connectivity index (χ3v) is 3.27. The standard InChI is InChI=1S/C12H11F2NOS/c13-12(14)16-9-5-3-8(4-6-9)11(15)10-2-1-7-17-10/h1-7,11-12H,15H2/t11-/m0/s1. The zero-order chi connectivity index (χ0) is 12.3. The van der Waals surface area contributed by atoms with Gasteiger partial charge in [-0.1, -0.05) is 18.2 Å². The average molecular weight is 255 g/mol. The molecule has 0 amide bonds. The molecule has 0 aliphatic heterocycles. The maximum Gasteiger partial charge on any atom is 0.387 e. The SMILES string of the molecule is N[C@@H](c1ccc(OC(F)F)cc1)c1cccs1. The first-order valence-corrected chi connectivity index (χ1v) is 5.88. The molecule has 0 bridgehead atoms. The maximum atomic E-state index is 12.0. The summed E-state index contributed by atoms with van der Waals surface area (Å²) in [5, 5.41) is 1.95. The first-order chi connectivity index (χ1) is 8.16. The number of halogens is 2. The Morgan fingerprint density at radius 2 is 1.82 bits per heavy atom. The van der Waals surface area contributed by atoms with Crippen LogP contribution in [-0.4, -0.2) is 6.61 Å². The lowest BCUT2D eigenvalue weighted by atomic mass is 10.1. The van der Waals surface area contributed by atoms with Gasteiger partial charge in [-0.3, -0.25) is 0 Å². The highest BCUT2D eigenvalue weighted by atomic mass is 32.1. The summed E-state index contributed by atoms with van der Waals surface area (Å²) in [6.07, 6.45) is 0. The number of benzene rings is 1. The van der Waals surface area contributed by atoms with Gasteiger partial charge < -0.3 is 10.5 Å². The Kier molecular flexibility index (Phi) is 3.71. The Morgan fingerprint density at radius 1 is 1.12 bits per heavy atom. The molecule has 90 valence electrons. The molecule has 0 unspecified atom stereocenters. The van der Waals surface area contributed by atoms with Crippen LogP contribution >= 0.6 is 11.3 Å². The smallest absolute Gasteiger partial charge is 0.387 e. The van der Waals surface area contributed by atoms with Crippen LogP contribution in [0.15, 0.2) is 41.8 Å². The second-order valence-electron chi connectivity index (χ2n) is 3.44. The molecular formula is C12H11F2NOS. The van der Waals surface area contributed by atoms with E-state index in [2.05, 4.69) is 4.74 Å². The maximum absolute atomic E-state index is 12.0. The molecule has 0 saturated carbocycles. The summed E-state index contributed by atoms with van der Waals surface area (Å²) >= 11 is 1.56. The molecule has 0 saturated heterocycles. The van der Waals surface area contributed by atoms with Gasteiger partial charge in [0.15, 0.2) is 0 Å². The quantitative estimate of drug-likeness (QED) is 0.908. The van der Waals surface area contributed by atoms with Gasteiger partial charge in [0.2, 0.25) is 0 Å². The number of nitrogens with two attached hydrogens (primary N) is 1. The van der Waals surface area contributed by atoms with Crippen LogP contribution in [0.4, 0.5) is 8.78 Å². The third-order valence-electron chi connectivity index (χ3n) is 2.31. The van der Waals surface area contributed by atoms with E-state index in [0.717, 1.165) is 10.4 Å². The van der Waals surface area contributed by atoms with Gasteiger partial charge >= 0.3 is 6.61 Å². The summed E-state index contributed by atoms with van der Waals surface area (Å²) in [5.41, 5.74) is 6.90. The zero-order valence-electron chi connectivity index (χ0n) is 8.85. The minimum absolute atomic E-state index is 0.141. The lowest BCUT2D eigenvalue weighted by Gasteiger charge is -2.11. The molecule has 0 aliphatic rings. The van der Waals surface area contributed by atoms with E-state index in [1.807, 2.05) is 17.5 Å². The average Bonchev–Trinajstić information content (AvgIpc) is 2.82. The lowest BCUT2D eigenvalue weighted by molar-refractivity contribution is -0.0498. The van der Waals surface area contributed by atoms with Gasteiger partial charge in [-0.15, -0.1) is 11.3 Å². The monoisotopic (exact) mass is 255 g/mol. The second kappa shape index (κ2) is 5.25. The molecule has 1 aromatic carbocycles. The molecule has 0 radical (unpaired) electrons. The molecule has 2 N–H and O–H groups in total. The van der Waals surface area contributed by atoms with Gasteiger partial charge in [0.05, 0.1) is 6.04 Å². The lowest BCUT2D eigenvalue weighted by Crippen LogP contribution is -2.10. The topological polar surface area (TPSA) is 35.2 Å². The number of rotatable bonds is 4. The van der Waals surface area contributed by atoms with Crippen molar-refractivity contribution in [1.29, 1.82) is 0 Å². The van der Waals surface area contributed by atoms with Crippen LogP contribution in [0.2, 0.25) is 0 Å². The summed E-state index contributed by atoms with van der Waals surface area (Å²) in [5.74, 6) is 0.141. The largest absolute Gasteiger partial charge is 0.435 e. The predicted octanol–water partition coefficient (Wildman–Crippen LogP) is 3.40. The Balaban J connectivity index is 2.12. The van der Waals surface area contributed by atoms with Gasteiger partial charge in [0.25, 0.3) is 0 Å². The van der Waals surface area contributed by atoms with E-state index in [1.54, 1.807) is 23.5 Å². The van der Waals surface area contributed by atoms with Crippen molar-refractivity contribution in [2.24, 2.45) is 5.73 Å². The van der Waals surface area contributed by atoms with E-state index in [0.29, 0.717) is 0 Å². The normalized spacial score (nSPS) is 12.7. The number of alkyl halides is 2. The fourth-order valence-corrected chi connectivity index (χ4v) is 2.24. The number of hydrogen-bond acceptors (Lipinski definition) is 3. The van der Waals surface area contributed by atoms with Crippen LogP contribution in [0, 0.1) is 0 Å². The van der Waals surface area contributed by atoms with Crippen molar-refractivity contribution in [3.8, 4) is 5.75 Å². The van der Waals surface area contributed by atoms with E-state index >= 15 is 0 Å². The number of thiophene rings is 1. The van der Waals surface area contributed by atoms with E-state index in [4.69, 9.17) is 5.73 Å². The number of ether oxygens (including phenoxy) is 1. The molecule has 0 aliphatic carbocycles. The third kappa shape index (κ3) is 3.01. The highest BCUT2D eigenvalue weighted by Gasteiger charge is 2.10. The molecule has 0 spiro atoms. The second-order valence-corrected chi connectivity index (χ2v) is 4.42. The van der Waals surface area contributed by atoms with E-state index in [-0.39, 0.29) is 11.8 Å². The van der Waals surface area contributed by atoms with Crippen LogP contribution < -0.4 is 10.5 Å². The van der Waals surface area contributed by atoms with Crippen LogP contribution in [0.1, 0.15) is 16.5 Å². The summed E-state index contributed by atoms with van der Waals surface area (Å²) in [6.45, 7) is -2.80. The highest BCUT2D eigenvalue weighted by Crippen LogP contribution is 2.25. The van der Waals surface area contributed by atoms with Crippen molar-refractivity contribution in [2.45, 2.75) is 12.7 Å². The van der Waals surface area contributed by atoms with Crippen molar-refractivity contribution >= 4 is 11.3 Å². The molecule has 0 fully saturated rings. The van der Waals surface area contributed by atoms with Crippen molar-refractivity contribution in [3.63, 3.8) is 0 Å². The van der Waals surface area contributed by atoms with Crippen LogP contribution in [0.5, 0.6) is 5.75 Å². The predicted molar refractivity (Wildman–Crippen MR) is 63.4 cm³/mol. The summed E-state index contributed by atoms with van der Waals surface area (Å²) in [4.78, 5) is 1.03. The Morgan fingerprint density at radius 3 is 2.35 bits per heavy atom. The van der Waals surface area contributed by atoms with Gasteiger partial charge in [-0.05, 0) is 29.1 Å². The molecule has 1 aromatic heterocycles. The van der Waals surface area contributed by atoms with Crippen LogP contribution in [0.3, 0.4) is 0 Å². The Labute approximate surface area is 102 Å². The van der Waals surface area contributed by atoms with E-state index < -0.39 is 6.61 Å². The van der Waals surface area contributed by atoms with Gasteiger partial charge in [-0.2, -0.15) is 8.78 Å². The fraction of sp³-hybridized carbons (Fsp3) is 0.167. The van der Waals surface area contributed by atoms with Crippen molar-refractivity contribution in [3.05, 3.63) is 52.2 Å². The molecule has 2 rings (SSSR count). The zero-order valence-corrected chi connectivity index (χ0v) is 9.66. The summed E-state index contributed by atoms with van der Waals surface area (Å²) < 4.78 is 28.2. The highest BCUT2D eigenvalue weighted by molar-refractivity contribution is 7.10. The van der Waals surface area contributed by atoms with Crippen LogP contribution in [-0.2, 0) is 0 Å². The first kappa shape index (κ1) is 12.0. The fourth-order valence-electron chi connectivity index (χ4n) is 1.49. The van der Waals surface area contributed by atoms with Crippen molar-refractivity contribution in [2.75, 3.05) is 0 Å². The molecule has 2 aromatic rings. The van der Waals surface area contributed by atoms with Gasteiger partial charge in [0.1, 0.15) is 5.75 Å². The summed E-state index contributed by atoms with van der Waals surface area (Å²) in [6, 6.07) is 10.0. The Bertz CT molecular complexity index is 456. The molecule has 1 heterocycles. The molecule has 5 heteroatoms. The minimum Gasteiger partial charge on any atom is -0.435 e. The van der Waals surface area contributed by atoms with Crippen molar-refractivity contribution < 1.29 is 13.5 Å². The van der Waals surface area contributed by atoms with E-state index in [1.165, 1.54) is 12.1 Å². The van der Waals surface area contributed by atoms with Gasteiger partial charge in [0, 0.05) is 4.88 Å².